The molecule has 0 aliphatic carbocycles. The molecule has 110 valence electrons. The Kier molecular flexibility index (Phi) is 14.5. The van der Waals surface area contributed by atoms with Crippen LogP contribution in [0.5, 0.6) is 0 Å². The number of hydrogen-bond acceptors (Lipinski definition) is 4. The summed E-state index contributed by atoms with van der Waals surface area (Å²) >= 11 is 0. The molecule has 1 unspecified atom stereocenters. The van der Waals surface area contributed by atoms with Crippen LogP contribution < -0.4 is 11.1 Å². The Hall–Kier alpha value is -0.360. The summed E-state index contributed by atoms with van der Waals surface area (Å²) in [4.78, 5) is 11.4. The van der Waals surface area contributed by atoms with E-state index in [0.29, 0.717) is 32.0 Å². The van der Waals surface area contributed by atoms with E-state index in [4.69, 9.17) is 15.2 Å². The fraction of sp³-hybridized carbons (Fsp3) is 0.917. The molecular formula is C12H27ClN2O3. The topological polar surface area (TPSA) is 73.6 Å². The van der Waals surface area contributed by atoms with Crippen molar-refractivity contribution in [3.05, 3.63) is 0 Å². The second-order valence-electron chi connectivity index (χ2n) is 4.44. The van der Waals surface area contributed by atoms with Crippen LogP contribution in [0.4, 0.5) is 0 Å². The molecule has 0 radical (unpaired) electrons. The summed E-state index contributed by atoms with van der Waals surface area (Å²) in [5, 5.41) is 2.77. The molecule has 1 atom stereocenters. The number of ether oxygens (including phenoxy) is 2. The third-order valence-electron chi connectivity index (χ3n) is 2.42. The molecule has 0 spiro atoms. The first-order chi connectivity index (χ1) is 8.10. The molecule has 0 aromatic rings. The summed E-state index contributed by atoms with van der Waals surface area (Å²) in [5.74, 6) is 0.603. The molecule has 0 aliphatic heterocycles. The van der Waals surface area contributed by atoms with Crippen molar-refractivity contribution in [1.29, 1.82) is 0 Å². The molecule has 0 bridgehead atoms. The van der Waals surface area contributed by atoms with E-state index in [-0.39, 0.29) is 24.4 Å². The largest absolute Gasteiger partial charge is 0.380 e. The van der Waals surface area contributed by atoms with Gasteiger partial charge in [-0.1, -0.05) is 13.8 Å². The number of carbonyl (C=O) groups is 1. The zero-order valence-electron chi connectivity index (χ0n) is 11.6. The van der Waals surface area contributed by atoms with Crippen LogP contribution in [0.1, 0.15) is 26.7 Å². The normalized spacial score (nSPS) is 12.1. The first kappa shape index (κ1) is 20.0. The summed E-state index contributed by atoms with van der Waals surface area (Å²) in [6.07, 6.45) is 1.16. The Morgan fingerprint density at radius 1 is 1.33 bits per heavy atom. The fourth-order valence-corrected chi connectivity index (χ4v) is 1.23. The maximum absolute atomic E-state index is 11.4. The Morgan fingerprint density at radius 2 is 2.00 bits per heavy atom. The van der Waals surface area contributed by atoms with Crippen molar-refractivity contribution in [2.45, 2.75) is 32.8 Å². The van der Waals surface area contributed by atoms with Crippen molar-refractivity contribution in [3.8, 4) is 0 Å². The lowest BCUT2D eigenvalue weighted by atomic mass is 10.1. The highest BCUT2D eigenvalue weighted by Crippen LogP contribution is 1.98. The van der Waals surface area contributed by atoms with Gasteiger partial charge in [-0.3, -0.25) is 4.79 Å². The SMILES string of the molecule is COC(CN)CC(=O)NCCOCCC(C)C.Cl. The van der Waals surface area contributed by atoms with Crippen LogP contribution in [-0.4, -0.2) is 45.4 Å². The summed E-state index contributed by atoms with van der Waals surface area (Å²) < 4.78 is 10.4. The van der Waals surface area contributed by atoms with Crippen LogP contribution in [0.2, 0.25) is 0 Å². The Bertz CT molecular complexity index is 200. The highest BCUT2D eigenvalue weighted by Gasteiger charge is 2.10. The van der Waals surface area contributed by atoms with Crippen molar-refractivity contribution in [1.82, 2.24) is 5.32 Å². The highest BCUT2D eigenvalue weighted by atomic mass is 35.5. The molecular weight excluding hydrogens is 256 g/mol. The molecule has 0 saturated carbocycles. The standard InChI is InChI=1S/C12H26N2O3.ClH/c1-10(2)4-6-17-7-5-14-12(15)8-11(9-13)16-3;/h10-11H,4-9,13H2,1-3H3,(H,14,15);1H. The van der Waals surface area contributed by atoms with Crippen LogP contribution in [0.3, 0.4) is 0 Å². The minimum Gasteiger partial charge on any atom is -0.380 e. The van der Waals surface area contributed by atoms with Gasteiger partial charge in [-0.05, 0) is 12.3 Å². The number of carbonyl (C=O) groups excluding carboxylic acids is 1. The lowest BCUT2D eigenvalue weighted by Gasteiger charge is -2.12. The van der Waals surface area contributed by atoms with E-state index in [1.807, 2.05) is 0 Å². The number of nitrogens with two attached hydrogens (primary N) is 1. The summed E-state index contributed by atoms with van der Waals surface area (Å²) in [7, 11) is 1.56. The van der Waals surface area contributed by atoms with E-state index in [2.05, 4.69) is 19.2 Å². The number of hydrogen-bond donors (Lipinski definition) is 2. The predicted molar refractivity (Wildman–Crippen MR) is 75.0 cm³/mol. The average Bonchev–Trinajstić information content (AvgIpc) is 2.30. The van der Waals surface area contributed by atoms with E-state index < -0.39 is 0 Å². The third kappa shape index (κ3) is 12.1. The first-order valence-electron chi connectivity index (χ1n) is 6.17. The van der Waals surface area contributed by atoms with Gasteiger partial charge < -0.3 is 20.5 Å². The minimum absolute atomic E-state index is 0. The van der Waals surface area contributed by atoms with Gasteiger partial charge in [-0.2, -0.15) is 0 Å². The van der Waals surface area contributed by atoms with Gasteiger partial charge in [-0.25, -0.2) is 0 Å². The molecule has 3 N–H and O–H groups in total. The van der Waals surface area contributed by atoms with E-state index in [9.17, 15) is 4.79 Å². The van der Waals surface area contributed by atoms with E-state index in [0.717, 1.165) is 13.0 Å². The molecule has 0 aromatic carbocycles. The van der Waals surface area contributed by atoms with E-state index >= 15 is 0 Å². The van der Waals surface area contributed by atoms with Crippen LogP contribution >= 0.6 is 12.4 Å². The van der Waals surface area contributed by atoms with Crippen molar-refractivity contribution in [2.75, 3.05) is 33.4 Å². The van der Waals surface area contributed by atoms with Crippen LogP contribution in [0.25, 0.3) is 0 Å². The number of halogens is 1. The van der Waals surface area contributed by atoms with Crippen LogP contribution in [0, 0.1) is 5.92 Å². The number of rotatable bonds is 10. The maximum Gasteiger partial charge on any atom is 0.222 e. The third-order valence-corrected chi connectivity index (χ3v) is 2.42. The molecule has 0 fully saturated rings. The maximum atomic E-state index is 11.4. The summed E-state index contributed by atoms with van der Waals surface area (Å²) in [5.41, 5.74) is 5.42. The van der Waals surface area contributed by atoms with Gasteiger partial charge in [0.1, 0.15) is 0 Å². The second-order valence-corrected chi connectivity index (χ2v) is 4.44. The lowest BCUT2D eigenvalue weighted by molar-refractivity contribution is -0.123. The minimum atomic E-state index is -0.197. The molecule has 18 heavy (non-hydrogen) atoms. The molecule has 0 heterocycles. The first-order valence-corrected chi connectivity index (χ1v) is 6.17. The van der Waals surface area contributed by atoms with Crippen molar-refractivity contribution in [3.63, 3.8) is 0 Å². The van der Waals surface area contributed by atoms with Gasteiger partial charge in [0.25, 0.3) is 0 Å². The van der Waals surface area contributed by atoms with Crippen molar-refractivity contribution >= 4 is 18.3 Å². The molecule has 5 nitrogen and oxygen atoms in total. The second kappa shape index (κ2) is 13.1. The molecule has 1 amide bonds. The summed E-state index contributed by atoms with van der Waals surface area (Å²) in [6, 6.07) is 0. The molecule has 0 rings (SSSR count). The predicted octanol–water partition coefficient (Wildman–Crippen LogP) is 0.951. The number of nitrogens with one attached hydrogen (secondary N) is 1. The van der Waals surface area contributed by atoms with E-state index in [1.165, 1.54) is 0 Å². The fourth-order valence-electron chi connectivity index (χ4n) is 1.23. The highest BCUT2D eigenvalue weighted by molar-refractivity contribution is 5.85. The number of methoxy groups -OCH3 is 1. The van der Waals surface area contributed by atoms with E-state index in [1.54, 1.807) is 7.11 Å². The van der Waals surface area contributed by atoms with Crippen LogP contribution in [0.15, 0.2) is 0 Å². The van der Waals surface area contributed by atoms with Crippen molar-refractivity contribution < 1.29 is 14.3 Å². The van der Waals surface area contributed by atoms with Gasteiger partial charge in [0.15, 0.2) is 0 Å². The Balaban J connectivity index is 0. The quantitative estimate of drug-likeness (QED) is 0.585. The zero-order valence-corrected chi connectivity index (χ0v) is 12.4. The Labute approximate surface area is 116 Å². The monoisotopic (exact) mass is 282 g/mol. The van der Waals surface area contributed by atoms with Gasteiger partial charge in [0, 0.05) is 26.8 Å². The van der Waals surface area contributed by atoms with Gasteiger partial charge >= 0.3 is 0 Å². The lowest BCUT2D eigenvalue weighted by Crippen LogP contribution is -2.33. The molecule has 0 aliphatic rings. The smallest absolute Gasteiger partial charge is 0.222 e. The van der Waals surface area contributed by atoms with Crippen LogP contribution in [-0.2, 0) is 14.3 Å². The molecule has 6 heteroatoms. The van der Waals surface area contributed by atoms with Gasteiger partial charge in [0.2, 0.25) is 5.91 Å². The number of amides is 1. The van der Waals surface area contributed by atoms with Gasteiger partial charge in [0.05, 0.1) is 19.1 Å². The average molecular weight is 283 g/mol. The molecule has 0 aromatic heterocycles. The Morgan fingerprint density at radius 3 is 2.50 bits per heavy atom. The van der Waals surface area contributed by atoms with Crippen molar-refractivity contribution in [2.24, 2.45) is 11.7 Å². The molecule has 0 saturated heterocycles. The zero-order chi connectivity index (χ0) is 13.1. The van der Waals surface area contributed by atoms with Gasteiger partial charge in [-0.15, -0.1) is 12.4 Å². The summed E-state index contributed by atoms with van der Waals surface area (Å²) in [6.45, 7) is 6.51.